The first-order valence-electron chi connectivity index (χ1n) is 15.1. The third-order valence-electron chi connectivity index (χ3n) is 7.47. The first-order valence-corrected chi connectivity index (χ1v) is 15.1. The summed E-state index contributed by atoms with van der Waals surface area (Å²) >= 11 is 0. The van der Waals surface area contributed by atoms with Crippen LogP contribution in [-0.2, 0) is 40.0 Å². The third kappa shape index (κ3) is 12.0. The van der Waals surface area contributed by atoms with Crippen LogP contribution in [0.25, 0.3) is 0 Å². The maximum atomic E-state index is 13.6. The molecule has 1 aromatic carbocycles. The quantitative estimate of drug-likeness (QED) is 0.0953. The van der Waals surface area contributed by atoms with E-state index in [1.165, 1.54) is 24.3 Å². The number of carbonyl (C=O) groups excluding carboxylic acids is 5. The first kappa shape index (κ1) is 37.5. The molecule has 1 saturated heterocycles. The molecule has 46 heavy (non-hydrogen) atoms. The van der Waals surface area contributed by atoms with E-state index < -0.39 is 71.7 Å². The smallest absolute Gasteiger partial charge is 0.326 e. The van der Waals surface area contributed by atoms with Crippen molar-refractivity contribution in [2.45, 2.75) is 95.4 Å². The Morgan fingerprint density at radius 1 is 0.870 bits per heavy atom. The number of carboxylic acids is 2. The highest BCUT2D eigenvalue weighted by Crippen LogP contribution is 2.20. The zero-order valence-electron chi connectivity index (χ0n) is 25.9. The minimum absolute atomic E-state index is 0.0257. The first-order chi connectivity index (χ1) is 21.6. The van der Waals surface area contributed by atoms with Crippen LogP contribution >= 0.6 is 0 Å². The molecular weight excluding hydrogens is 604 g/mol. The number of carbonyl (C=O) groups is 7. The van der Waals surface area contributed by atoms with Crippen LogP contribution in [0.1, 0.15) is 64.4 Å². The number of phenols is 1. The van der Waals surface area contributed by atoms with Gasteiger partial charge in [-0.15, -0.1) is 0 Å². The van der Waals surface area contributed by atoms with Crippen LogP contribution in [-0.4, -0.2) is 98.4 Å². The van der Waals surface area contributed by atoms with Gasteiger partial charge in [-0.2, -0.15) is 0 Å². The normalized spacial score (nSPS) is 17.0. The van der Waals surface area contributed by atoms with Gasteiger partial charge >= 0.3 is 11.9 Å². The number of aromatic hydroxyl groups is 1. The predicted molar refractivity (Wildman–Crippen MR) is 163 cm³/mol. The fourth-order valence-electron chi connectivity index (χ4n) is 5.04. The van der Waals surface area contributed by atoms with Crippen molar-refractivity contribution in [2.75, 3.05) is 6.54 Å². The molecule has 0 radical (unpaired) electrons. The Morgan fingerprint density at radius 2 is 1.46 bits per heavy atom. The van der Waals surface area contributed by atoms with Gasteiger partial charge < -0.3 is 47.6 Å². The molecule has 16 nitrogen and oxygen atoms in total. The van der Waals surface area contributed by atoms with Gasteiger partial charge in [0.1, 0.15) is 29.9 Å². The number of hydrogen-bond donors (Lipinski definition) is 8. The summed E-state index contributed by atoms with van der Waals surface area (Å²) in [5.41, 5.74) is 11.7. The highest BCUT2D eigenvalue weighted by atomic mass is 16.4. The Bertz CT molecular complexity index is 1270. The number of nitrogens with one attached hydrogen (secondary N) is 3. The van der Waals surface area contributed by atoms with Crippen molar-refractivity contribution in [1.82, 2.24) is 20.9 Å². The molecule has 5 unspecified atom stereocenters. The molecule has 1 heterocycles. The molecule has 5 atom stereocenters. The number of amides is 5. The lowest BCUT2D eigenvalue weighted by Crippen LogP contribution is -2.59. The van der Waals surface area contributed by atoms with E-state index in [9.17, 15) is 43.8 Å². The lowest BCUT2D eigenvalue weighted by molar-refractivity contribution is -0.149. The van der Waals surface area contributed by atoms with Crippen LogP contribution in [0.2, 0.25) is 0 Å². The summed E-state index contributed by atoms with van der Waals surface area (Å²) in [7, 11) is 0. The van der Waals surface area contributed by atoms with Crippen LogP contribution < -0.4 is 27.4 Å². The average Bonchev–Trinajstić information content (AvgIpc) is 3.48. The van der Waals surface area contributed by atoms with Crippen molar-refractivity contribution in [3.8, 4) is 5.75 Å². The molecule has 0 spiro atoms. The van der Waals surface area contributed by atoms with E-state index in [4.69, 9.17) is 16.6 Å². The molecule has 10 N–H and O–H groups in total. The van der Waals surface area contributed by atoms with Gasteiger partial charge in [0.25, 0.3) is 0 Å². The van der Waals surface area contributed by atoms with E-state index in [2.05, 4.69) is 16.0 Å². The van der Waals surface area contributed by atoms with E-state index in [1.54, 1.807) is 13.8 Å². The van der Waals surface area contributed by atoms with Crippen LogP contribution in [0.3, 0.4) is 0 Å². The molecule has 0 aromatic heterocycles. The largest absolute Gasteiger partial charge is 0.508 e. The highest BCUT2D eigenvalue weighted by Gasteiger charge is 2.38. The van der Waals surface area contributed by atoms with E-state index in [-0.39, 0.29) is 63.2 Å². The topological polar surface area (TPSA) is 272 Å². The zero-order chi connectivity index (χ0) is 34.6. The SMILES string of the molecule is CC(C)CC(NC(=O)C(Cc1ccc(O)cc1)NC(=O)C(N)CCC(=O)O)C(=O)NC(CCC(N)=O)C(=O)N1CCCC1C(=O)O. The number of likely N-dealkylation sites (tertiary alicyclic amines) is 1. The van der Waals surface area contributed by atoms with E-state index in [1.807, 2.05) is 0 Å². The van der Waals surface area contributed by atoms with Crippen LogP contribution in [0, 0.1) is 5.92 Å². The number of phenolic OH excluding ortho intramolecular Hbond substituents is 1. The average molecular weight is 649 g/mol. The molecule has 1 aromatic rings. The maximum absolute atomic E-state index is 13.6. The summed E-state index contributed by atoms with van der Waals surface area (Å²) < 4.78 is 0. The van der Waals surface area contributed by atoms with Crippen LogP contribution in [0.15, 0.2) is 24.3 Å². The van der Waals surface area contributed by atoms with Gasteiger partial charge in [0.15, 0.2) is 0 Å². The number of aliphatic carboxylic acids is 2. The Hall–Kier alpha value is -4.73. The number of rotatable bonds is 18. The number of benzene rings is 1. The molecule has 1 aliphatic rings. The summed E-state index contributed by atoms with van der Waals surface area (Å²) in [6.45, 7) is 3.74. The van der Waals surface area contributed by atoms with Crippen molar-refractivity contribution in [3.05, 3.63) is 29.8 Å². The van der Waals surface area contributed by atoms with Gasteiger partial charge in [-0.25, -0.2) is 4.79 Å². The summed E-state index contributed by atoms with van der Waals surface area (Å²) in [5.74, 6) is -6.28. The third-order valence-corrected chi connectivity index (χ3v) is 7.47. The predicted octanol–water partition coefficient (Wildman–Crippen LogP) is -1.03. The van der Waals surface area contributed by atoms with Crippen LogP contribution in [0.5, 0.6) is 5.75 Å². The van der Waals surface area contributed by atoms with Crippen molar-refractivity contribution in [3.63, 3.8) is 0 Å². The zero-order valence-corrected chi connectivity index (χ0v) is 25.9. The summed E-state index contributed by atoms with van der Waals surface area (Å²) in [6, 6.07) is -0.281. The fourth-order valence-corrected chi connectivity index (χ4v) is 5.04. The second-order valence-corrected chi connectivity index (χ2v) is 11.8. The van der Waals surface area contributed by atoms with E-state index in [0.29, 0.717) is 12.0 Å². The van der Waals surface area contributed by atoms with E-state index in [0.717, 1.165) is 4.90 Å². The Balaban J connectivity index is 2.30. The summed E-state index contributed by atoms with van der Waals surface area (Å²) in [5, 5.41) is 35.8. The van der Waals surface area contributed by atoms with E-state index >= 15 is 0 Å². The molecule has 5 amide bonds. The molecular formula is C30H44N6O10. The molecule has 16 heteroatoms. The van der Waals surface area contributed by atoms with Gasteiger partial charge in [0.05, 0.1) is 6.04 Å². The summed E-state index contributed by atoms with van der Waals surface area (Å²) in [4.78, 5) is 88.7. The van der Waals surface area contributed by atoms with Gasteiger partial charge in [0, 0.05) is 25.8 Å². The molecule has 1 aliphatic heterocycles. The number of hydrogen-bond acceptors (Lipinski definition) is 9. The number of carboxylic acid groups (broad SMARTS) is 2. The monoisotopic (exact) mass is 648 g/mol. The minimum Gasteiger partial charge on any atom is -0.508 e. The molecule has 2 rings (SSSR count). The van der Waals surface area contributed by atoms with Gasteiger partial charge in [-0.05, 0) is 55.7 Å². The van der Waals surface area contributed by atoms with Gasteiger partial charge in [0.2, 0.25) is 29.5 Å². The minimum atomic E-state index is -1.30. The van der Waals surface area contributed by atoms with Gasteiger partial charge in [-0.3, -0.25) is 28.8 Å². The number of nitrogens with two attached hydrogens (primary N) is 2. The van der Waals surface area contributed by atoms with Crippen molar-refractivity contribution < 1.29 is 48.9 Å². The Labute approximate surface area is 266 Å². The molecule has 0 aliphatic carbocycles. The highest BCUT2D eigenvalue weighted by molar-refractivity contribution is 5.96. The van der Waals surface area contributed by atoms with Crippen LogP contribution in [0.4, 0.5) is 0 Å². The fraction of sp³-hybridized carbons (Fsp3) is 0.567. The maximum Gasteiger partial charge on any atom is 0.326 e. The van der Waals surface area contributed by atoms with Crippen molar-refractivity contribution in [2.24, 2.45) is 17.4 Å². The Morgan fingerprint density at radius 3 is 2.02 bits per heavy atom. The lowest BCUT2D eigenvalue weighted by Gasteiger charge is -2.29. The number of nitrogens with zero attached hydrogens (tertiary/aromatic N) is 1. The summed E-state index contributed by atoms with van der Waals surface area (Å²) in [6.07, 6.45) is -0.325. The standard InChI is InChI=1S/C30H44N6O10/c1-16(2)14-21(27(42)33-20(10-11-24(32)38)29(44)36-13-3-4-23(36)30(45)46)35-28(43)22(15-17-5-7-18(37)8-6-17)34-26(41)19(31)9-12-25(39)40/h5-8,16,19-23,37H,3-4,9-15,31H2,1-2H3,(H2,32,38)(H,33,42)(H,34,41)(H,35,43)(H,39,40)(H,45,46). The van der Waals surface area contributed by atoms with Gasteiger partial charge in [-0.1, -0.05) is 26.0 Å². The van der Waals surface area contributed by atoms with Crippen molar-refractivity contribution in [1.29, 1.82) is 0 Å². The second-order valence-electron chi connectivity index (χ2n) is 11.8. The molecule has 0 saturated carbocycles. The lowest BCUT2D eigenvalue weighted by atomic mass is 10.00. The number of primary amides is 1. The molecule has 0 bridgehead atoms. The van der Waals surface area contributed by atoms with Crippen molar-refractivity contribution >= 4 is 41.5 Å². The molecule has 254 valence electrons. The molecule has 1 fully saturated rings. The Kier molecular flexibility index (Phi) is 14.4. The second kappa shape index (κ2) is 17.7.